The lowest BCUT2D eigenvalue weighted by Crippen LogP contribution is -2.34. The average molecular weight is 307 g/mol. The van der Waals surface area contributed by atoms with E-state index >= 15 is 0 Å². The highest BCUT2D eigenvalue weighted by atomic mass is 35.5. The van der Waals surface area contributed by atoms with Crippen LogP contribution in [0.3, 0.4) is 0 Å². The first-order valence-corrected chi connectivity index (χ1v) is 6.96. The summed E-state index contributed by atoms with van der Waals surface area (Å²) in [5, 5.41) is 16.7. The summed E-state index contributed by atoms with van der Waals surface area (Å²) in [7, 11) is 0. The molecule has 104 valence electrons. The van der Waals surface area contributed by atoms with Gasteiger partial charge >= 0.3 is 0 Å². The Kier molecular flexibility index (Phi) is 5.35. The number of nitrogens with one attached hydrogen (secondary N) is 2. The minimum atomic E-state index is -0.233. The number of rotatable bonds is 4. The SMILES string of the molecule is OC[C@H](NC(=S)Nc1ccc(Cl)cc1)c1ccccc1. The second kappa shape index (κ2) is 7.24. The van der Waals surface area contributed by atoms with Crippen molar-refractivity contribution in [3.8, 4) is 0 Å². The molecule has 0 saturated carbocycles. The van der Waals surface area contributed by atoms with Crippen LogP contribution in [-0.2, 0) is 0 Å². The molecule has 1 atom stereocenters. The van der Waals surface area contributed by atoms with Crippen molar-refractivity contribution in [2.24, 2.45) is 0 Å². The largest absolute Gasteiger partial charge is 0.394 e. The molecule has 0 aliphatic carbocycles. The third-order valence-electron chi connectivity index (χ3n) is 2.79. The third-order valence-corrected chi connectivity index (χ3v) is 3.26. The van der Waals surface area contributed by atoms with Gasteiger partial charge in [-0.3, -0.25) is 0 Å². The Balaban J connectivity index is 1.97. The fraction of sp³-hybridized carbons (Fsp3) is 0.133. The van der Waals surface area contributed by atoms with Gasteiger partial charge in [0, 0.05) is 10.7 Å². The average Bonchev–Trinajstić information content (AvgIpc) is 2.48. The zero-order valence-corrected chi connectivity index (χ0v) is 12.3. The quantitative estimate of drug-likeness (QED) is 0.758. The summed E-state index contributed by atoms with van der Waals surface area (Å²) in [4.78, 5) is 0. The molecule has 2 aromatic carbocycles. The molecule has 0 aliphatic heterocycles. The maximum absolute atomic E-state index is 9.46. The van der Waals surface area contributed by atoms with E-state index in [0.29, 0.717) is 10.1 Å². The molecule has 2 aromatic rings. The van der Waals surface area contributed by atoms with Crippen LogP contribution >= 0.6 is 23.8 Å². The number of aliphatic hydroxyl groups excluding tert-OH is 1. The van der Waals surface area contributed by atoms with Crippen molar-refractivity contribution >= 4 is 34.6 Å². The zero-order chi connectivity index (χ0) is 14.4. The van der Waals surface area contributed by atoms with Gasteiger partial charge in [0.05, 0.1) is 12.6 Å². The number of thiocarbonyl (C=S) groups is 1. The second-order valence-electron chi connectivity index (χ2n) is 4.25. The highest BCUT2D eigenvalue weighted by Gasteiger charge is 2.11. The molecule has 0 unspecified atom stereocenters. The van der Waals surface area contributed by atoms with Crippen LogP contribution < -0.4 is 10.6 Å². The lowest BCUT2D eigenvalue weighted by atomic mass is 10.1. The number of anilines is 1. The van der Waals surface area contributed by atoms with E-state index in [4.69, 9.17) is 23.8 Å². The number of benzene rings is 2. The molecular weight excluding hydrogens is 292 g/mol. The summed E-state index contributed by atoms with van der Waals surface area (Å²) in [5.74, 6) is 0. The van der Waals surface area contributed by atoms with E-state index in [0.717, 1.165) is 11.3 Å². The Hall–Kier alpha value is -1.62. The van der Waals surface area contributed by atoms with Crippen molar-refractivity contribution in [3.63, 3.8) is 0 Å². The molecule has 0 heterocycles. The number of aliphatic hydroxyl groups is 1. The third kappa shape index (κ3) is 4.20. The molecule has 0 aromatic heterocycles. The molecule has 0 aliphatic rings. The lowest BCUT2D eigenvalue weighted by molar-refractivity contribution is 0.258. The minimum Gasteiger partial charge on any atom is -0.394 e. The van der Waals surface area contributed by atoms with Crippen molar-refractivity contribution < 1.29 is 5.11 Å². The van der Waals surface area contributed by atoms with Gasteiger partial charge in [0.15, 0.2) is 5.11 Å². The first kappa shape index (κ1) is 14.8. The van der Waals surface area contributed by atoms with Crippen LogP contribution in [0.5, 0.6) is 0 Å². The Morgan fingerprint density at radius 1 is 1.10 bits per heavy atom. The molecule has 0 fully saturated rings. The summed E-state index contributed by atoms with van der Waals surface area (Å²) in [6, 6.07) is 16.7. The molecular formula is C15H15ClN2OS. The van der Waals surface area contributed by atoms with Crippen molar-refractivity contribution in [1.82, 2.24) is 5.32 Å². The maximum Gasteiger partial charge on any atom is 0.171 e. The Bertz CT molecular complexity index is 560. The van der Waals surface area contributed by atoms with Gasteiger partial charge in [0.25, 0.3) is 0 Å². The lowest BCUT2D eigenvalue weighted by Gasteiger charge is -2.19. The minimum absolute atomic E-state index is 0.0353. The first-order valence-electron chi connectivity index (χ1n) is 6.18. The highest BCUT2D eigenvalue weighted by Crippen LogP contribution is 2.15. The van der Waals surface area contributed by atoms with Gasteiger partial charge in [-0.1, -0.05) is 41.9 Å². The summed E-state index contributed by atoms with van der Waals surface area (Å²) in [6.45, 7) is -0.0353. The van der Waals surface area contributed by atoms with Crippen LogP contribution in [-0.4, -0.2) is 16.8 Å². The molecule has 0 spiro atoms. The highest BCUT2D eigenvalue weighted by molar-refractivity contribution is 7.80. The topological polar surface area (TPSA) is 44.3 Å². The van der Waals surface area contributed by atoms with Crippen LogP contribution in [0, 0.1) is 0 Å². The Labute approximate surface area is 128 Å². The predicted molar refractivity (Wildman–Crippen MR) is 87.1 cm³/mol. The van der Waals surface area contributed by atoms with Gasteiger partial charge in [-0.2, -0.15) is 0 Å². The molecule has 3 nitrogen and oxygen atoms in total. The molecule has 5 heteroatoms. The standard InChI is InChI=1S/C15H15ClN2OS/c16-12-6-8-13(9-7-12)17-15(20)18-14(10-19)11-4-2-1-3-5-11/h1-9,14,19H,10H2,(H2,17,18,20)/t14-/m0/s1. The van der Waals surface area contributed by atoms with E-state index in [9.17, 15) is 5.11 Å². The Morgan fingerprint density at radius 3 is 2.35 bits per heavy atom. The maximum atomic E-state index is 9.46. The van der Waals surface area contributed by atoms with Gasteiger partial charge in [-0.15, -0.1) is 0 Å². The van der Waals surface area contributed by atoms with Gasteiger partial charge in [0.1, 0.15) is 0 Å². The van der Waals surface area contributed by atoms with Crippen LogP contribution in [0.4, 0.5) is 5.69 Å². The van der Waals surface area contributed by atoms with Crippen LogP contribution in [0.25, 0.3) is 0 Å². The van der Waals surface area contributed by atoms with E-state index in [2.05, 4.69) is 10.6 Å². The second-order valence-corrected chi connectivity index (χ2v) is 5.10. The molecule has 3 N–H and O–H groups in total. The summed E-state index contributed by atoms with van der Waals surface area (Å²) in [5.41, 5.74) is 1.83. The zero-order valence-electron chi connectivity index (χ0n) is 10.7. The number of hydrogen-bond acceptors (Lipinski definition) is 2. The van der Waals surface area contributed by atoms with Gasteiger partial charge in [-0.25, -0.2) is 0 Å². The fourth-order valence-corrected chi connectivity index (χ4v) is 2.16. The van der Waals surface area contributed by atoms with E-state index in [1.807, 2.05) is 42.5 Å². The van der Waals surface area contributed by atoms with E-state index in [1.165, 1.54) is 0 Å². The fourth-order valence-electron chi connectivity index (χ4n) is 1.78. The van der Waals surface area contributed by atoms with Crippen LogP contribution in [0.1, 0.15) is 11.6 Å². The normalized spacial score (nSPS) is 11.7. The molecule has 0 saturated heterocycles. The molecule has 0 bridgehead atoms. The predicted octanol–water partition coefficient (Wildman–Crippen LogP) is 3.36. The Morgan fingerprint density at radius 2 is 1.75 bits per heavy atom. The molecule has 2 rings (SSSR count). The smallest absolute Gasteiger partial charge is 0.171 e. The van der Waals surface area contributed by atoms with Gasteiger partial charge in [-0.05, 0) is 42.0 Å². The number of hydrogen-bond donors (Lipinski definition) is 3. The van der Waals surface area contributed by atoms with Crippen LogP contribution in [0.2, 0.25) is 5.02 Å². The van der Waals surface area contributed by atoms with Crippen molar-refractivity contribution in [3.05, 3.63) is 65.2 Å². The van der Waals surface area contributed by atoms with Crippen LogP contribution in [0.15, 0.2) is 54.6 Å². The number of halogens is 1. The molecule has 20 heavy (non-hydrogen) atoms. The van der Waals surface area contributed by atoms with Crippen molar-refractivity contribution in [2.75, 3.05) is 11.9 Å². The van der Waals surface area contributed by atoms with Crippen molar-refractivity contribution in [2.45, 2.75) is 6.04 Å². The monoisotopic (exact) mass is 306 g/mol. The summed E-state index contributed by atoms with van der Waals surface area (Å²) >= 11 is 11.1. The molecule has 0 amide bonds. The first-order chi connectivity index (χ1) is 9.69. The summed E-state index contributed by atoms with van der Waals surface area (Å²) < 4.78 is 0. The molecule has 0 radical (unpaired) electrons. The van der Waals surface area contributed by atoms with E-state index in [-0.39, 0.29) is 12.6 Å². The van der Waals surface area contributed by atoms with E-state index in [1.54, 1.807) is 12.1 Å². The van der Waals surface area contributed by atoms with Gasteiger partial charge < -0.3 is 15.7 Å². The van der Waals surface area contributed by atoms with E-state index < -0.39 is 0 Å². The van der Waals surface area contributed by atoms with Gasteiger partial charge in [0.2, 0.25) is 0 Å². The van der Waals surface area contributed by atoms with Crippen molar-refractivity contribution in [1.29, 1.82) is 0 Å². The summed E-state index contributed by atoms with van der Waals surface area (Å²) in [6.07, 6.45) is 0.